The molecule has 1 N–H and O–H groups in total. The molecule has 0 atom stereocenters. The second-order valence-electron chi connectivity index (χ2n) is 5.92. The minimum atomic E-state index is -3.85. The molecule has 6 nitrogen and oxygen atoms in total. The van der Waals surface area contributed by atoms with Crippen molar-refractivity contribution in [3.8, 4) is 22.9 Å². The summed E-state index contributed by atoms with van der Waals surface area (Å²) in [7, 11) is -3.85. The Morgan fingerprint density at radius 3 is 2.14 bits per heavy atom. The number of hydrogen-bond acceptors (Lipinski definition) is 5. The predicted octanol–water partition coefficient (Wildman–Crippen LogP) is 4.34. The summed E-state index contributed by atoms with van der Waals surface area (Å²) in [6.45, 7) is 0. The molecule has 140 valence electrons. The molecule has 0 spiro atoms. The quantitative estimate of drug-likeness (QED) is 0.543. The van der Waals surface area contributed by atoms with Gasteiger partial charge in [-0.25, -0.2) is 12.8 Å². The van der Waals surface area contributed by atoms with Crippen LogP contribution in [-0.4, -0.2) is 18.6 Å². The molecule has 4 aromatic rings. The lowest BCUT2D eigenvalue weighted by atomic mass is 10.2. The van der Waals surface area contributed by atoms with E-state index in [-0.39, 0.29) is 10.8 Å². The number of aromatic nitrogens is 2. The van der Waals surface area contributed by atoms with Gasteiger partial charge in [-0.3, -0.25) is 4.72 Å². The van der Waals surface area contributed by atoms with Crippen molar-refractivity contribution in [2.45, 2.75) is 4.90 Å². The molecule has 0 aliphatic carbocycles. The molecular formula is C20H14FN3O3S. The largest absolute Gasteiger partial charge is 0.416 e. The van der Waals surface area contributed by atoms with Gasteiger partial charge in [0.1, 0.15) is 5.82 Å². The van der Waals surface area contributed by atoms with Gasteiger partial charge in [-0.2, -0.15) is 0 Å². The van der Waals surface area contributed by atoms with Crippen LogP contribution in [0.5, 0.6) is 0 Å². The molecule has 0 amide bonds. The fraction of sp³-hybridized carbons (Fsp3) is 0. The molecule has 0 unspecified atom stereocenters. The van der Waals surface area contributed by atoms with Crippen LogP contribution in [0.3, 0.4) is 0 Å². The normalized spacial score (nSPS) is 11.3. The maximum absolute atomic E-state index is 13.0. The van der Waals surface area contributed by atoms with Gasteiger partial charge in [0.2, 0.25) is 11.8 Å². The van der Waals surface area contributed by atoms with Gasteiger partial charge < -0.3 is 4.42 Å². The fourth-order valence-electron chi connectivity index (χ4n) is 2.58. The first-order valence-electron chi connectivity index (χ1n) is 8.29. The van der Waals surface area contributed by atoms with Crippen LogP contribution in [0.15, 0.2) is 88.2 Å². The number of nitrogens with one attached hydrogen (secondary N) is 1. The van der Waals surface area contributed by atoms with Crippen LogP contribution in [-0.2, 0) is 10.0 Å². The summed E-state index contributed by atoms with van der Waals surface area (Å²) >= 11 is 0. The molecule has 0 aliphatic heterocycles. The number of sulfonamides is 1. The topological polar surface area (TPSA) is 85.1 Å². The van der Waals surface area contributed by atoms with E-state index >= 15 is 0 Å². The zero-order valence-electron chi connectivity index (χ0n) is 14.4. The lowest BCUT2D eigenvalue weighted by Crippen LogP contribution is -2.12. The summed E-state index contributed by atoms with van der Waals surface area (Å²) in [5.41, 5.74) is 1.67. The zero-order valence-corrected chi connectivity index (χ0v) is 15.2. The minimum absolute atomic E-state index is 0.0385. The third-order valence-corrected chi connectivity index (χ3v) is 5.33. The van der Waals surface area contributed by atoms with E-state index in [4.69, 9.17) is 4.42 Å². The first-order valence-corrected chi connectivity index (χ1v) is 9.77. The molecular weight excluding hydrogens is 381 g/mol. The van der Waals surface area contributed by atoms with E-state index in [1.54, 1.807) is 24.3 Å². The number of rotatable bonds is 5. The SMILES string of the molecule is O=S(=O)(Nc1cccc(-c2nnc(-c3ccccc3)o2)c1)c1ccc(F)cc1. The van der Waals surface area contributed by atoms with E-state index in [0.717, 1.165) is 17.7 Å². The second-order valence-corrected chi connectivity index (χ2v) is 7.60. The number of halogens is 1. The summed E-state index contributed by atoms with van der Waals surface area (Å²) in [6, 6.07) is 20.5. The predicted molar refractivity (Wildman–Crippen MR) is 102 cm³/mol. The molecule has 4 rings (SSSR count). The molecule has 1 aromatic heterocycles. The summed E-state index contributed by atoms with van der Waals surface area (Å²) in [4.78, 5) is -0.0385. The zero-order chi connectivity index (χ0) is 19.6. The molecule has 0 saturated heterocycles. The highest BCUT2D eigenvalue weighted by Gasteiger charge is 2.16. The van der Waals surface area contributed by atoms with Crippen LogP contribution in [0.25, 0.3) is 22.9 Å². The molecule has 0 radical (unpaired) electrons. The lowest BCUT2D eigenvalue weighted by Gasteiger charge is -2.08. The molecule has 1 heterocycles. The molecule has 0 aliphatic rings. The van der Waals surface area contributed by atoms with Crippen LogP contribution >= 0.6 is 0 Å². The maximum Gasteiger partial charge on any atom is 0.261 e. The lowest BCUT2D eigenvalue weighted by molar-refractivity contribution is 0.584. The molecule has 0 bridgehead atoms. The Morgan fingerprint density at radius 2 is 1.43 bits per heavy atom. The summed E-state index contributed by atoms with van der Waals surface area (Å²) in [5.74, 6) is 0.126. The molecule has 0 fully saturated rings. The van der Waals surface area contributed by atoms with Crippen molar-refractivity contribution in [3.63, 3.8) is 0 Å². The Morgan fingerprint density at radius 1 is 0.786 bits per heavy atom. The van der Waals surface area contributed by atoms with Crippen LogP contribution in [0.4, 0.5) is 10.1 Å². The van der Waals surface area contributed by atoms with Gasteiger partial charge in [0.05, 0.1) is 4.90 Å². The van der Waals surface area contributed by atoms with Crippen molar-refractivity contribution >= 4 is 15.7 Å². The van der Waals surface area contributed by atoms with Crippen molar-refractivity contribution in [2.24, 2.45) is 0 Å². The highest BCUT2D eigenvalue weighted by molar-refractivity contribution is 7.92. The van der Waals surface area contributed by atoms with Crippen molar-refractivity contribution in [1.29, 1.82) is 0 Å². The van der Waals surface area contributed by atoms with Gasteiger partial charge in [0, 0.05) is 16.8 Å². The van der Waals surface area contributed by atoms with E-state index in [0.29, 0.717) is 17.1 Å². The fourth-order valence-corrected chi connectivity index (χ4v) is 3.63. The van der Waals surface area contributed by atoms with Crippen molar-refractivity contribution < 1.29 is 17.2 Å². The third-order valence-electron chi connectivity index (χ3n) is 3.93. The summed E-state index contributed by atoms with van der Waals surface area (Å²) in [5, 5.41) is 8.06. The van der Waals surface area contributed by atoms with E-state index in [1.807, 2.05) is 30.3 Å². The number of nitrogens with zero attached hydrogens (tertiary/aromatic N) is 2. The highest BCUT2D eigenvalue weighted by Crippen LogP contribution is 2.26. The van der Waals surface area contributed by atoms with E-state index in [9.17, 15) is 12.8 Å². The first kappa shape index (κ1) is 17.9. The van der Waals surface area contributed by atoms with Gasteiger partial charge in [-0.05, 0) is 54.6 Å². The Bertz CT molecular complexity index is 1210. The van der Waals surface area contributed by atoms with Gasteiger partial charge in [-0.15, -0.1) is 10.2 Å². The molecule has 28 heavy (non-hydrogen) atoms. The summed E-state index contributed by atoms with van der Waals surface area (Å²) < 4.78 is 46.1. The Labute approximate surface area is 160 Å². The molecule has 8 heteroatoms. The average Bonchev–Trinajstić information content (AvgIpc) is 3.19. The van der Waals surface area contributed by atoms with Gasteiger partial charge in [0.15, 0.2) is 0 Å². The van der Waals surface area contributed by atoms with Crippen LogP contribution in [0.2, 0.25) is 0 Å². The van der Waals surface area contributed by atoms with Crippen molar-refractivity contribution in [3.05, 3.63) is 84.7 Å². The third kappa shape index (κ3) is 3.77. The smallest absolute Gasteiger partial charge is 0.261 e. The van der Waals surface area contributed by atoms with Crippen molar-refractivity contribution in [1.82, 2.24) is 10.2 Å². The van der Waals surface area contributed by atoms with E-state index in [1.165, 1.54) is 12.1 Å². The number of hydrogen-bond donors (Lipinski definition) is 1. The number of anilines is 1. The van der Waals surface area contributed by atoms with Crippen molar-refractivity contribution in [2.75, 3.05) is 4.72 Å². The van der Waals surface area contributed by atoms with Crippen LogP contribution in [0.1, 0.15) is 0 Å². The van der Waals surface area contributed by atoms with Gasteiger partial charge in [0.25, 0.3) is 10.0 Å². The highest BCUT2D eigenvalue weighted by atomic mass is 32.2. The van der Waals surface area contributed by atoms with E-state index < -0.39 is 15.8 Å². The first-order chi connectivity index (χ1) is 13.5. The van der Waals surface area contributed by atoms with E-state index in [2.05, 4.69) is 14.9 Å². The van der Waals surface area contributed by atoms with Gasteiger partial charge in [-0.1, -0.05) is 24.3 Å². The Hall–Kier alpha value is -3.52. The monoisotopic (exact) mass is 395 g/mol. The maximum atomic E-state index is 13.0. The van der Waals surface area contributed by atoms with Gasteiger partial charge >= 0.3 is 0 Å². The summed E-state index contributed by atoms with van der Waals surface area (Å²) in [6.07, 6.45) is 0. The average molecular weight is 395 g/mol. The Kier molecular flexibility index (Phi) is 4.62. The second kappa shape index (κ2) is 7.24. The molecule has 3 aromatic carbocycles. The number of benzene rings is 3. The Balaban J connectivity index is 1.60. The minimum Gasteiger partial charge on any atom is -0.416 e. The van der Waals surface area contributed by atoms with Crippen LogP contribution in [0, 0.1) is 5.82 Å². The molecule has 0 saturated carbocycles. The van der Waals surface area contributed by atoms with Crippen LogP contribution < -0.4 is 4.72 Å². The standard InChI is InChI=1S/C20H14FN3O3S/c21-16-9-11-18(12-10-16)28(25,26)24-17-8-4-7-15(13-17)20-23-22-19(27-20)14-5-2-1-3-6-14/h1-13,24H.